The molecule has 2 aliphatic heterocycles. The highest BCUT2D eigenvalue weighted by atomic mass is 19.4. The molecule has 9 nitrogen and oxygen atoms in total. The summed E-state index contributed by atoms with van der Waals surface area (Å²) in [4.78, 5) is 29.1. The molecule has 1 fully saturated rings. The fourth-order valence-corrected chi connectivity index (χ4v) is 4.99. The number of carbonyl (C=O) groups excluding carboxylic acids is 2. The lowest BCUT2D eigenvalue weighted by atomic mass is 9.84. The van der Waals surface area contributed by atoms with Crippen LogP contribution < -0.4 is 20.7 Å². The van der Waals surface area contributed by atoms with Crippen LogP contribution in [0.5, 0.6) is 5.75 Å². The van der Waals surface area contributed by atoms with E-state index < -0.39 is 36.1 Å². The molecule has 40 heavy (non-hydrogen) atoms. The lowest BCUT2D eigenvalue weighted by Crippen LogP contribution is -2.47. The van der Waals surface area contributed by atoms with Crippen molar-refractivity contribution in [3.63, 3.8) is 0 Å². The summed E-state index contributed by atoms with van der Waals surface area (Å²) in [7, 11) is 0. The third-order valence-electron chi connectivity index (χ3n) is 6.85. The van der Waals surface area contributed by atoms with Crippen LogP contribution in [0.4, 0.5) is 29.3 Å². The van der Waals surface area contributed by atoms with Crippen LogP contribution in [-0.4, -0.2) is 46.9 Å². The van der Waals surface area contributed by atoms with Gasteiger partial charge in [0.1, 0.15) is 18.0 Å². The standard InChI is InChI=1S/C28H27F3N4O5/c29-28(30,31)17-3-5-18(6-4-17)34-27(38)35-19-7-8-23-21(10-19)22-11-20(39-24(15-36)26(22)40-23)12-25(37)33-14-16-2-1-9-32-13-16/h1-10,13,20,22,24,26,36H,11-12,14-15H2,(H,33,37)(H2,34,35,38)/t20-,22-,24-,26+/m0/s1. The van der Waals surface area contributed by atoms with Gasteiger partial charge in [0.15, 0.2) is 0 Å². The van der Waals surface area contributed by atoms with Gasteiger partial charge in [-0.25, -0.2) is 4.79 Å². The van der Waals surface area contributed by atoms with E-state index in [1.807, 2.05) is 6.07 Å². The second-order valence-electron chi connectivity index (χ2n) is 9.65. The monoisotopic (exact) mass is 556 g/mol. The Morgan fingerprint density at radius 1 is 1.05 bits per heavy atom. The molecule has 0 aliphatic carbocycles. The number of fused-ring (bicyclic) bond motifs is 3. The zero-order chi connectivity index (χ0) is 28.3. The van der Waals surface area contributed by atoms with E-state index in [1.54, 1.807) is 36.7 Å². The maximum Gasteiger partial charge on any atom is 0.416 e. The summed E-state index contributed by atoms with van der Waals surface area (Å²) in [6, 6.07) is 12.2. The van der Waals surface area contributed by atoms with Gasteiger partial charge < -0.3 is 30.5 Å². The molecule has 1 saturated heterocycles. The van der Waals surface area contributed by atoms with Crippen molar-refractivity contribution >= 4 is 23.3 Å². The maximum atomic E-state index is 12.8. The van der Waals surface area contributed by atoms with E-state index >= 15 is 0 Å². The zero-order valence-electron chi connectivity index (χ0n) is 21.1. The number of benzene rings is 2. The number of amides is 3. The highest BCUT2D eigenvalue weighted by Crippen LogP contribution is 2.47. The van der Waals surface area contributed by atoms with Crippen LogP contribution in [0.15, 0.2) is 67.0 Å². The molecule has 12 heteroatoms. The average molecular weight is 557 g/mol. The van der Waals surface area contributed by atoms with Crippen LogP contribution in [0.3, 0.4) is 0 Å². The molecule has 2 aliphatic rings. The molecule has 3 amide bonds. The van der Waals surface area contributed by atoms with Gasteiger partial charge in [-0.2, -0.15) is 13.2 Å². The highest BCUT2D eigenvalue weighted by Gasteiger charge is 2.46. The van der Waals surface area contributed by atoms with Crippen LogP contribution in [0.2, 0.25) is 0 Å². The molecule has 3 heterocycles. The minimum absolute atomic E-state index is 0.1000. The van der Waals surface area contributed by atoms with Gasteiger partial charge in [0.05, 0.1) is 24.7 Å². The Morgan fingerprint density at radius 3 is 2.50 bits per heavy atom. The highest BCUT2D eigenvalue weighted by molar-refractivity contribution is 5.99. The van der Waals surface area contributed by atoms with Crippen molar-refractivity contribution in [2.24, 2.45) is 0 Å². The number of aromatic nitrogens is 1. The number of hydrogen-bond donors (Lipinski definition) is 4. The zero-order valence-corrected chi connectivity index (χ0v) is 21.1. The number of alkyl halides is 3. The summed E-state index contributed by atoms with van der Waals surface area (Å²) < 4.78 is 50.4. The van der Waals surface area contributed by atoms with Crippen molar-refractivity contribution in [3.8, 4) is 5.75 Å². The minimum atomic E-state index is -4.47. The molecule has 3 aromatic rings. The number of hydrogen-bond acceptors (Lipinski definition) is 6. The molecule has 4 N–H and O–H groups in total. The van der Waals surface area contributed by atoms with E-state index in [4.69, 9.17) is 9.47 Å². The fourth-order valence-electron chi connectivity index (χ4n) is 4.99. The SMILES string of the molecule is O=C(C[C@@H]1C[C@H]2c3cc(NC(=O)Nc4ccc(C(F)(F)F)cc4)ccc3O[C@H]2[C@H](CO)O1)NCc1cccnc1. The molecule has 4 atom stereocenters. The first kappa shape index (κ1) is 27.4. The van der Waals surface area contributed by atoms with Gasteiger partial charge in [-0.05, 0) is 60.5 Å². The molecule has 0 spiro atoms. The van der Waals surface area contributed by atoms with Crippen LogP contribution in [0.25, 0.3) is 0 Å². The maximum absolute atomic E-state index is 12.8. The fraction of sp³-hybridized carbons (Fsp3) is 0.321. The second kappa shape index (κ2) is 11.5. The predicted octanol–water partition coefficient (Wildman–Crippen LogP) is 4.45. The van der Waals surface area contributed by atoms with Crippen molar-refractivity contribution < 1.29 is 37.3 Å². The van der Waals surface area contributed by atoms with Crippen molar-refractivity contribution in [2.75, 3.05) is 17.2 Å². The molecule has 5 rings (SSSR count). The van der Waals surface area contributed by atoms with E-state index in [0.717, 1.165) is 23.3 Å². The van der Waals surface area contributed by atoms with Gasteiger partial charge in [-0.15, -0.1) is 0 Å². The summed E-state index contributed by atoms with van der Waals surface area (Å²) in [5, 5.41) is 18.0. The smallest absolute Gasteiger partial charge is 0.416 e. The summed E-state index contributed by atoms with van der Waals surface area (Å²) in [5.41, 5.74) is 1.52. The molecule has 0 bridgehead atoms. The summed E-state index contributed by atoms with van der Waals surface area (Å²) >= 11 is 0. The predicted molar refractivity (Wildman–Crippen MR) is 139 cm³/mol. The quantitative estimate of drug-likeness (QED) is 0.341. The Hall–Kier alpha value is -4.16. The molecule has 0 saturated carbocycles. The van der Waals surface area contributed by atoms with Crippen LogP contribution >= 0.6 is 0 Å². The van der Waals surface area contributed by atoms with E-state index in [1.165, 1.54) is 12.1 Å². The van der Waals surface area contributed by atoms with Crippen molar-refractivity contribution in [1.29, 1.82) is 0 Å². The number of nitrogens with one attached hydrogen (secondary N) is 3. The number of aliphatic hydroxyl groups is 1. The normalized spacial score (nSPS) is 21.5. The molecule has 2 aromatic carbocycles. The van der Waals surface area contributed by atoms with Crippen molar-refractivity contribution in [1.82, 2.24) is 10.3 Å². The van der Waals surface area contributed by atoms with E-state index in [9.17, 15) is 27.9 Å². The van der Waals surface area contributed by atoms with Gasteiger partial charge >= 0.3 is 12.2 Å². The van der Waals surface area contributed by atoms with Gasteiger partial charge in [-0.3, -0.25) is 9.78 Å². The number of aliphatic hydroxyl groups excluding tert-OH is 1. The lowest BCUT2D eigenvalue weighted by molar-refractivity contribution is -0.142. The van der Waals surface area contributed by atoms with E-state index in [2.05, 4.69) is 20.9 Å². The van der Waals surface area contributed by atoms with Gasteiger partial charge in [0, 0.05) is 41.8 Å². The topological polar surface area (TPSA) is 122 Å². The first-order valence-corrected chi connectivity index (χ1v) is 12.7. The largest absolute Gasteiger partial charge is 0.487 e. The van der Waals surface area contributed by atoms with Crippen molar-refractivity contribution in [3.05, 3.63) is 83.7 Å². The summed E-state index contributed by atoms with van der Waals surface area (Å²) in [6.45, 7) is 0.0496. The first-order chi connectivity index (χ1) is 19.2. The summed E-state index contributed by atoms with van der Waals surface area (Å²) in [6.07, 6.45) is -2.12. The number of ether oxygens (including phenoxy) is 2. The molecular weight excluding hydrogens is 529 g/mol. The molecular formula is C28H27F3N4O5. The third-order valence-corrected chi connectivity index (χ3v) is 6.85. The first-order valence-electron chi connectivity index (χ1n) is 12.7. The number of pyridine rings is 1. The Balaban J connectivity index is 1.22. The summed E-state index contributed by atoms with van der Waals surface area (Å²) in [5.74, 6) is 0.211. The third kappa shape index (κ3) is 6.35. The van der Waals surface area contributed by atoms with Crippen LogP contribution in [0, 0.1) is 0 Å². The average Bonchev–Trinajstić information content (AvgIpc) is 3.30. The number of urea groups is 1. The van der Waals surface area contributed by atoms with Crippen LogP contribution in [0.1, 0.15) is 35.4 Å². The Kier molecular flexibility index (Phi) is 7.90. The number of halogens is 3. The van der Waals surface area contributed by atoms with Gasteiger partial charge in [-0.1, -0.05) is 6.07 Å². The number of anilines is 2. The number of carbonyl (C=O) groups is 2. The van der Waals surface area contributed by atoms with E-state index in [-0.39, 0.29) is 30.5 Å². The van der Waals surface area contributed by atoms with Gasteiger partial charge in [0.2, 0.25) is 5.91 Å². The Morgan fingerprint density at radius 2 is 1.80 bits per heavy atom. The molecule has 0 unspecified atom stereocenters. The van der Waals surface area contributed by atoms with Gasteiger partial charge in [0.25, 0.3) is 0 Å². The molecule has 1 aromatic heterocycles. The van der Waals surface area contributed by atoms with Crippen molar-refractivity contribution in [2.45, 2.75) is 49.8 Å². The Bertz CT molecular complexity index is 1350. The lowest BCUT2D eigenvalue weighted by Gasteiger charge is -2.37. The minimum Gasteiger partial charge on any atom is -0.487 e. The second-order valence-corrected chi connectivity index (χ2v) is 9.65. The van der Waals surface area contributed by atoms with E-state index in [0.29, 0.717) is 24.4 Å². The molecule has 210 valence electrons. The molecule has 0 radical (unpaired) electrons. The Labute approximate surface area is 227 Å². The number of rotatable bonds is 7. The number of nitrogens with zero attached hydrogens (tertiary/aromatic N) is 1. The van der Waals surface area contributed by atoms with Crippen LogP contribution in [-0.2, 0) is 22.3 Å².